The molecule has 3 heterocycles. The van der Waals surface area contributed by atoms with Gasteiger partial charge in [0.15, 0.2) is 5.75 Å². The van der Waals surface area contributed by atoms with E-state index in [1.54, 1.807) is 23.6 Å². The highest BCUT2D eigenvalue weighted by Crippen LogP contribution is 2.64. The highest BCUT2D eigenvalue weighted by Gasteiger charge is 2.67. The zero-order valence-electron chi connectivity index (χ0n) is 24.0. The van der Waals surface area contributed by atoms with Gasteiger partial charge in [0.1, 0.15) is 29.3 Å². The van der Waals surface area contributed by atoms with E-state index < -0.39 is 52.7 Å². The van der Waals surface area contributed by atoms with E-state index in [4.69, 9.17) is 22.1 Å². The second-order valence-corrected chi connectivity index (χ2v) is 13.4. The van der Waals surface area contributed by atoms with Crippen LogP contribution >= 0.6 is 23.4 Å². The number of ether oxygens (including phenoxy) is 1. The number of pyridine rings is 1. The summed E-state index contributed by atoms with van der Waals surface area (Å²) in [4.78, 5) is 57.5. The quantitative estimate of drug-likeness (QED) is 0.403. The maximum atomic E-state index is 14.2. The van der Waals surface area contributed by atoms with Gasteiger partial charge in [-0.1, -0.05) is 17.7 Å². The fraction of sp³-hybridized carbons (Fsp3) is 0.533. The summed E-state index contributed by atoms with van der Waals surface area (Å²) in [6.07, 6.45) is 4.12. The van der Waals surface area contributed by atoms with Crippen LogP contribution in [0.4, 0.5) is 4.39 Å². The van der Waals surface area contributed by atoms with Gasteiger partial charge in [-0.15, -0.1) is 0 Å². The first-order valence-corrected chi connectivity index (χ1v) is 16.3. The SMILES string of the molecule is CSCC[C@H](N)C(=O)O[C@@H](C)CN1C(=O)c2c3c(c(O)c(=O)n2[C@@]12CC[C@H]1C[C@H]12)C(=O)N(Cc1ccc(F)c(Cl)c1)CC3. The van der Waals surface area contributed by atoms with Crippen molar-refractivity contribution in [3.63, 3.8) is 0 Å². The van der Waals surface area contributed by atoms with Crippen LogP contribution in [-0.2, 0) is 28.2 Å². The average molecular weight is 633 g/mol. The molecule has 2 aliphatic carbocycles. The first-order valence-electron chi connectivity index (χ1n) is 14.5. The molecule has 4 aliphatic rings. The van der Waals surface area contributed by atoms with Crippen LogP contribution in [0.3, 0.4) is 0 Å². The van der Waals surface area contributed by atoms with Crippen molar-refractivity contribution in [3.8, 4) is 5.75 Å². The van der Waals surface area contributed by atoms with E-state index >= 15 is 0 Å². The Balaban J connectivity index is 1.33. The smallest absolute Gasteiger partial charge is 0.323 e. The first-order chi connectivity index (χ1) is 20.5. The molecule has 2 fully saturated rings. The Hall–Kier alpha value is -3.09. The fourth-order valence-corrected chi connectivity index (χ4v) is 7.92. The number of nitrogens with zero attached hydrogens (tertiary/aromatic N) is 3. The molecule has 5 atom stereocenters. The molecule has 2 amide bonds. The molecule has 1 aromatic carbocycles. The van der Waals surface area contributed by atoms with Gasteiger partial charge in [0.05, 0.1) is 17.1 Å². The topological polar surface area (TPSA) is 135 Å². The Kier molecular flexibility index (Phi) is 7.75. The normalized spacial score (nSPS) is 25.0. The van der Waals surface area contributed by atoms with E-state index in [9.17, 15) is 28.7 Å². The third-order valence-corrected chi connectivity index (χ3v) is 10.3. The number of hydrogen-bond acceptors (Lipinski definition) is 8. The van der Waals surface area contributed by atoms with Crippen molar-refractivity contribution in [2.75, 3.05) is 25.1 Å². The molecule has 0 bridgehead atoms. The second-order valence-electron chi connectivity index (χ2n) is 12.0. The van der Waals surface area contributed by atoms with Crippen LogP contribution in [0.1, 0.15) is 64.6 Å². The summed E-state index contributed by atoms with van der Waals surface area (Å²) in [5.74, 6) is -1.71. The zero-order valence-corrected chi connectivity index (χ0v) is 25.5. The summed E-state index contributed by atoms with van der Waals surface area (Å²) in [6, 6.07) is 3.38. The maximum absolute atomic E-state index is 14.2. The van der Waals surface area contributed by atoms with Gasteiger partial charge in [-0.2, -0.15) is 11.8 Å². The van der Waals surface area contributed by atoms with Gasteiger partial charge in [0.2, 0.25) is 0 Å². The third-order valence-electron chi connectivity index (χ3n) is 9.34. The number of amides is 2. The number of esters is 1. The van der Waals surface area contributed by atoms with E-state index in [-0.39, 0.29) is 48.3 Å². The molecule has 1 spiro atoms. The van der Waals surface area contributed by atoms with Crippen LogP contribution in [0.15, 0.2) is 23.0 Å². The lowest BCUT2D eigenvalue weighted by Crippen LogP contribution is -2.53. The van der Waals surface area contributed by atoms with Crippen molar-refractivity contribution in [1.29, 1.82) is 0 Å². The average Bonchev–Trinajstić information content (AvgIpc) is 3.62. The minimum atomic E-state index is -0.993. The second kappa shape index (κ2) is 11.1. The summed E-state index contributed by atoms with van der Waals surface area (Å²) in [6.45, 7) is 2.05. The number of benzene rings is 1. The molecule has 10 nitrogen and oxygen atoms in total. The predicted molar refractivity (Wildman–Crippen MR) is 159 cm³/mol. The summed E-state index contributed by atoms with van der Waals surface area (Å²) >= 11 is 7.50. The van der Waals surface area contributed by atoms with E-state index in [0.29, 0.717) is 35.6 Å². The summed E-state index contributed by atoms with van der Waals surface area (Å²) < 4.78 is 20.7. The number of nitrogens with two attached hydrogens (primary N) is 1. The number of halogens is 2. The third kappa shape index (κ3) is 4.82. The van der Waals surface area contributed by atoms with Crippen LogP contribution < -0.4 is 11.3 Å². The van der Waals surface area contributed by atoms with E-state index in [0.717, 1.165) is 12.8 Å². The lowest BCUT2D eigenvalue weighted by molar-refractivity contribution is -0.151. The van der Waals surface area contributed by atoms with Crippen LogP contribution in [-0.4, -0.2) is 74.5 Å². The van der Waals surface area contributed by atoms with Gasteiger partial charge in [-0.3, -0.25) is 23.7 Å². The van der Waals surface area contributed by atoms with Gasteiger partial charge >= 0.3 is 5.97 Å². The van der Waals surface area contributed by atoms with Gasteiger partial charge in [0, 0.05) is 24.6 Å². The Bertz CT molecular complexity index is 1580. The van der Waals surface area contributed by atoms with Gasteiger partial charge in [0.25, 0.3) is 17.4 Å². The number of aromatic nitrogens is 1. The zero-order chi connectivity index (χ0) is 30.8. The number of fused-ring (bicyclic) bond motifs is 6. The van der Waals surface area contributed by atoms with Crippen molar-refractivity contribution >= 4 is 41.1 Å². The minimum Gasteiger partial charge on any atom is -0.502 e. The van der Waals surface area contributed by atoms with Crippen LogP contribution in [0, 0.1) is 17.7 Å². The maximum Gasteiger partial charge on any atom is 0.323 e. The monoisotopic (exact) mass is 632 g/mol. The molecule has 2 aromatic rings. The van der Waals surface area contributed by atoms with Gasteiger partial charge < -0.3 is 25.4 Å². The van der Waals surface area contributed by atoms with Crippen LogP contribution in [0.2, 0.25) is 5.02 Å². The van der Waals surface area contributed by atoms with Crippen LogP contribution in [0.5, 0.6) is 5.75 Å². The Morgan fingerprint density at radius 2 is 2.07 bits per heavy atom. The molecule has 43 heavy (non-hydrogen) atoms. The molecule has 2 aliphatic heterocycles. The fourth-order valence-electron chi connectivity index (χ4n) is 7.23. The lowest BCUT2D eigenvalue weighted by atomic mass is 9.95. The number of carbonyl (C=O) groups is 3. The summed E-state index contributed by atoms with van der Waals surface area (Å²) in [5, 5.41) is 11.1. The molecule has 0 radical (unpaired) electrons. The standard InChI is InChI=1S/C30H34ClFN4O6S/c1-15(42-29(41)22(33)7-10-43-2)13-35-27(39)24-18-6-9-34(14-16-3-4-21(32)20(31)11-16)26(38)23(18)25(37)28(40)36(24)30(35)8-5-17-12-19(17)30/h3-4,11,15,17,19,22,37H,5-10,12-14,33H2,1-2H3/t15-,17-,19+,22-,30+/m0/s1. The lowest BCUT2D eigenvalue weighted by Gasteiger charge is -2.39. The Morgan fingerprint density at radius 3 is 2.72 bits per heavy atom. The number of aromatic hydroxyl groups is 1. The first kappa shape index (κ1) is 30.0. The van der Waals surface area contributed by atoms with Crippen molar-refractivity contribution in [2.45, 2.75) is 63.4 Å². The van der Waals surface area contributed by atoms with Gasteiger partial charge in [-0.25, -0.2) is 4.39 Å². The molecule has 1 aromatic heterocycles. The molecule has 0 saturated heterocycles. The highest BCUT2D eigenvalue weighted by atomic mass is 35.5. The van der Waals surface area contributed by atoms with Crippen molar-refractivity contribution in [2.24, 2.45) is 17.6 Å². The minimum absolute atomic E-state index is 0.0265. The van der Waals surface area contributed by atoms with E-state index in [1.165, 1.54) is 27.7 Å². The highest BCUT2D eigenvalue weighted by molar-refractivity contribution is 7.98. The molecule has 13 heteroatoms. The molecule has 2 saturated carbocycles. The molecule has 0 unspecified atom stereocenters. The van der Waals surface area contributed by atoms with Crippen LogP contribution in [0.25, 0.3) is 0 Å². The molecular formula is C30H34ClFN4O6S. The number of carbonyl (C=O) groups excluding carboxylic acids is 3. The van der Waals surface area contributed by atoms with Crippen molar-refractivity contribution < 1.29 is 28.6 Å². The largest absolute Gasteiger partial charge is 0.502 e. The molecule has 230 valence electrons. The van der Waals surface area contributed by atoms with E-state index in [2.05, 4.69) is 0 Å². The summed E-state index contributed by atoms with van der Waals surface area (Å²) in [5.41, 5.74) is 5.11. The Labute approximate surface area is 257 Å². The van der Waals surface area contributed by atoms with Gasteiger partial charge in [-0.05, 0) is 74.7 Å². The molecule has 3 N–H and O–H groups in total. The van der Waals surface area contributed by atoms with Crippen molar-refractivity contribution in [1.82, 2.24) is 14.4 Å². The van der Waals surface area contributed by atoms with Crippen molar-refractivity contribution in [3.05, 3.63) is 61.8 Å². The molecule has 6 rings (SSSR count). The number of thioether (sulfide) groups is 1. The molecular weight excluding hydrogens is 599 g/mol. The van der Waals surface area contributed by atoms with E-state index in [1.807, 2.05) is 6.26 Å². The predicted octanol–water partition coefficient (Wildman–Crippen LogP) is 3.10. The number of hydrogen-bond donors (Lipinski definition) is 2. The number of rotatable bonds is 9. The Morgan fingerprint density at radius 1 is 1.30 bits per heavy atom. The summed E-state index contributed by atoms with van der Waals surface area (Å²) in [7, 11) is 0.